The van der Waals surface area contributed by atoms with Crippen molar-refractivity contribution < 1.29 is 23.1 Å². The number of nitrogens with zero attached hydrogens (tertiary/aromatic N) is 3. The van der Waals surface area contributed by atoms with Gasteiger partial charge in [0.1, 0.15) is 12.3 Å². The van der Waals surface area contributed by atoms with Crippen LogP contribution in [-0.2, 0) is 30.5 Å². The van der Waals surface area contributed by atoms with Gasteiger partial charge in [0, 0.05) is 19.3 Å². The molecule has 2 aromatic rings. The van der Waals surface area contributed by atoms with Gasteiger partial charge in [-0.3, -0.25) is 9.48 Å². The summed E-state index contributed by atoms with van der Waals surface area (Å²) in [7, 11) is 0. The predicted molar refractivity (Wildman–Crippen MR) is 74.5 cm³/mol. The number of halogens is 3. The van der Waals surface area contributed by atoms with E-state index in [-0.39, 0.29) is 18.2 Å². The van der Waals surface area contributed by atoms with E-state index in [4.69, 9.17) is 0 Å². The summed E-state index contributed by atoms with van der Waals surface area (Å²) < 4.78 is 38.5. The molecule has 23 heavy (non-hydrogen) atoms. The fourth-order valence-electron chi connectivity index (χ4n) is 2.60. The number of hydrogen-bond acceptors (Lipinski definition) is 3. The van der Waals surface area contributed by atoms with E-state index < -0.39 is 11.9 Å². The van der Waals surface area contributed by atoms with Gasteiger partial charge in [-0.15, -0.1) is 0 Å². The van der Waals surface area contributed by atoms with Gasteiger partial charge in [0.2, 0.25) is 5.91 Å². The summed E-state index contributed by atoms with van der Waals surface area (Å²) in [6, 6.07) is 5.86. The molecule has 0 unspecified atom stereocenters. The molecule has 0 saturated heterocycles. The number of phenolic OH excluding ortho intramolecular Hbond substituents is 1. The van der Waals surface area contributed by atoms with E-state index in [0.29, 0.717) is 19.5 Å². The van der Waals surface area contributed by atoms with Crippen LogP contribution in [0.4, 0.5) is 13.2 Å². The highest BCUT2D eigenvalue weighted by atomic mass is 19.4. The Labute approximate surface area is 129 Å². The quantitative estimate of drug-likeness (QED) is 0.921. The number of alkyl halides is 3. The molecule has 0 saturated carbocycles. The maximum atomic E-state index is 12.5. The molecule has 2 heterocycles. The molecule has 0 atom stereocenters. The number of aromatic hydroxyl groups is 1. The van der Waals surface area contributed by atoms with Crippen molar-refractivity contribution in [1.29, 1.82) is 0 Å². The molecule has 1 N–H and O–H groups in total. The highest BCUT2D eigenvalue weighted by molar-refractivity contribution is 5.76. The molecule has 0 fully saturated rings. The minimum absolute atomic E-state index is 0.125. The first-order valence-electron chi connectivity index (χ1n) is 7.02. The van der Waals surface area contributed by atoms with Gasteiger partial charge in [0.05, 0.1) is 0 Å². The van der Waals surface area contributed by atoms with E-state index in [1.54, 1.807) is 17.0 Å². The summed E-state index contributed by atoms with van der Waals surface area (Å²) in [5, 5.41) is 12.9. The first-order valence-corrected chi connectivity index (χ1v) is 7.02. The lowest BCUT2D eigenvalue weighted by Gasteiger charge is -2.29. The van der Waals surface area contributed by atoms with Crippen molar-refractivity contribution in [1.82, 2.24) is 14.7 Å². The number of hydrogen-bond donors (Lipinski definition) is 1. The third kappa shape index (κ3) is 3.30. The average Bonchev–Trinajstić information content (AvgIpc) is 2.95. The normalized spacial score (nSPS) is 14.7. The molecule has 0 aliphatic carbocycles. The Morgan fingerprint density at radius 2 is 2.04 bits per heavy atom. The molecule has 3 rings (SSSR count). The number of rotatable bonds is 2. The van der Waals surface area contributed by atoms with Crippen molar-refractivity contribution in [2.24, 2.45) is 0 Å². The van der Waals surface area contributed by atoms with Crippen LogP contribution >= 0.6 is 0 Å². The smallest absolute Gasteiger partial charge is 0.435 e. The van der Waals surface area contributed by atoms with Crippen LogP contribution in [0.3, 0.4) is 0 Å². The van der Waals surface area contributed by atoms with Gasteiger partial charge in [-0.2, -0.15) is 18.3 Å². The molecule has 1 aliphatic heterocycles. The number of fused-ring (bicyclic) bond motifs is 1. The van der Waals surface area contributed by atoms with E-state index in [1.165, 1.54) is 0 Å². The zero-order valence-corrected chi connectivity index (χ0v) is 12.0. The van der Waals surface area contributed by atoms with Crippen LogP contribution in [0.25, 0.3) is 0 Å². The Kier molecular flexibility index (Phi) is 3.75. The molecular formula is C15H14F3N3O2. The van der Waals surface area contributed by atoms with Gasteiger partial charge >= 0.3 is 6.18 Å². The minimum atomic E-state index is -4.52. The van der Waals surface area contributed by atoms with Crippen LogP contribution in [-0.4, -0.2) is 32.2 Å². The molecule has 0 radical (unpaired) electrons. The van der Waals surface area contributed by atoms with Gasteiger partial charge in [0.25, 0.3) is 0 Å². The largest absolute Gasteiger partial charge is 0.508 e. The van der Waals surface area contributed by atoms with Crippen LogP contribution in [0, 0.1) is 0 Å². The molecule has 0 spiro atoms. The number of carbonyl (C=O) groups excluding carboxylic acids is 1. The zero-order chi connectivity index (χ0) is 16.6. The molecular weight excluding hydrogens is 311 g/mol. The van der Waals surface area contributed by atoms with Crippen molar-refractivity contribution in [3.05, 3.63) is 47.3 Å². The molecule has 8 heteroatoms. The van der Waals surface area contributed by atoms with E-state index >= 15 is 0 Å². The van der Waals surface area contributed by atoms with Crippen molar-refractivity contribution in [3.63, 3.8) is 0 Å². The number of aromatic nitrogens is 2. The Bertz CT molecular complexity index is 740. The maximum absolute atomic E-state index is 12.5. The minimum Gasteiger partial charge on any atom is -0.508 e. The number of phenols is 1. The Balaban J connectivity index is 1.69. The number of amides is 1. The molecule has 1 aliphatic rings. The first kappa shape index (κ1) is 15.4. The van der Waals surface area contributed by atoms with Crippen LogP contribution in [0.15, 0.2) is 30.5 Å². The van der Waals surface area contributed by atoms with Crippen LogP contribution in [0.1, 0.15) is 16.8 Å². The lowest BCUT2D eigenvalue weighted by Crippen LogP contribution is -2.38. The summed E-state index contributed by atoms with van der Waals surface area (Å²) in [6.45, 7) is 0.574. The standard InChI is InChI=1S/C15H14F3N3O2/c16-15(17,18)13-4-6-21(19-13)9-14(23)20-5-3-10-1-2-12(22)7-11(10)8-20/h1-2,4,6-7,22H,3,5,8-9H2. The number of carbonyl (C=O) groups is 1. The van der Waals surface area contributed by atoms with Gasteiger partial charge in [-0.1, -0.05) is 6.07 Å². The van der Waals surface area contributed by atoms with Crippen LogP contribution in [0.2, 0.25) is 0 Å². The molecule has 1 aromatic carbocycles. The molecule has 122 valence electrons. The van der Waals surface area contributed by atoms with Crippen molar-refractivity contribution in [3.8, 4) is 5.75 Å². The SMILES string of the molecule is O=C(Cn1ccc(C(F)(F)F)n1)N1CCc2ccc(O)cc2C1. The highest BCUT2D eigenvalue weighted by Crippen LogP contribution is 2.27. The molecule has 0 bridgehead atoms. The second kappa shape index (κ2) is 5.60. The van der Waals surface area contributed by atoms with Gasteiger partial charge < -0.3 is 10.0 Å². The van der Waals surface area contributed by atoms with Gasteiger partial charge in [0.15, 0.2) is 5.69 Å². The van der Waals surface area contributed by atoms with Gasteiger partial charge in [-0.25, -0.2) is 0 Å². The summed E-state index contributed by atoms with van der Waals surface area (Å²) in [4.78, 5) is 13.8. The summed E-state index contributed by atoms with van der Waals surface area (Å²) in [6.07, 6.45) is -2.73. The van der Waals surface area contributed by atoms with E-state index in [2.05, 4.69) is 5.10 Å². The maximum Gasteiger partial charge on any atom is 0.435 e. The van der Waals surface area contributed by atoms with E-state index in [9.17, 15) is 23.1 Å². The lowest BCUT2D eigenvalue weighted by atomic mass is 9.99. The van der Waals surface area contributed by atoms with E-state index in [0.717, 1.165) is 28.1 Å². The fraction of sp³-hybridized carbons (Fsp3) is 0.333. The first-order chi connectivity index (χ1) is 10.8. The molecule has 1 aromatic heterocycles. The highest BCUT2D eigenvalue weighted by Gasteiger charge is 2.33. The second-order valence-electron chi connectivity index (χ2n) is 5.41. The fourth-order valence-corrected chi connectivity index (χ4v) is 2.60. The Morgan fingerprint density at radius 3 is 2.74 bits per heavy atom. The second-order valence-corrected chi connectivity index (χ2v) is 5.41. The third-order valence-electron chi connectivity index (χ3n) is 3.78. The summed E-state index contributed by atoms with van der Waals surface area (Å²) in [5.74, 6) is -0.184. The predicted octanol–water partition coefficient (Wildman–Crippen LogP) is 2.19. The molecule has 5 nitrogen and oxygen atoms in total. The third-order valence-corrected chi connectivity index (χ3v) is 3.78. The van der Waals surface area contributed by atoms with E-state index in [1.807, 2.05) is 6.07 Å². The lowest BCUT2D eigenvalue weighted by molar-refractivity contribution is -0.142. The van der Waals surface area contributed by atoms with Gasteiger partial charge in [-0.05, 0) is 35.7 Å². The monoisotopic (exact) mass is 325 g/mol. The summed E-state index contributed by atoms with van der Waals surface area (Å²) >= 11 is 0. The molecule has 1 amide bonds. The number of benzene rings is 1. The Hall–Kier alpha value is -2.51. The average molecular weight is 325 g/mol. The van der Waals surface area contributed by atoms with Crippen LogP contribution < -0.4 is 0 Å². The topological polar surface area (TPSA) is 58.4 Å². The van der Waals surface area contributed by atoms with Crippen LogP contribution in [0.5, 0.6) is 5.75 Å². The van der Waals surface area contributed by atoms with Crippen molar-refractivity contribution in [2.45, 2.75) is 25.7 Å². The van der Waals surface area contributed by atoms with Crippen molar-refractivity contribution >= 4 is 5.91 Å². The Morgan fingerprint density at radius 1 is 1.26 bits per heavy atom. The van der Waals surface area contributed by atoms with Crippen molar-refractivity contribution in [2.75, 3.05) is 6.54 Å². The summed E-state index contributed by atoms with van der Waals surface area (Å²) in [5.41, 5.74) is 0.894. The zero-order valence-electron chi connectivity index (χ0n) is 12.0.